The number of phenolic OH excluding ortho intramolecular Hbond substituents is 2. The van der Waals surface area contributed by atoms with Crippen LogP contribution >= 0.6 is 15.9 Å². The third kappa shape index (κ3) is 1.94. The Kier molecular flexibility index (Phi) is 2.70. The quantitative estimate of drug-likeness (QED) is 0.702. The number of hydrogen-bond acceptors (Lipinski definition) is 4. The van der Waals surface area contributed by atoms with Gasteiger partial charge in [0.1, 0.15) is 5.82 Å². The molecule has 1 heterocycles. The first-order chi connectivity index (χ1) is 7.58. The van der Waals surface area contributed by atoms with Crippen molar-refractivity contribution in [2.75, 3.05) is 5.73 Å². The number of nitrogens with two attached hydrogens (primary N) is 1. The van der Waals surface area contributed by atoms with E-state index in [1.807, 2.05) is 0 Å². The number of pyridine rings is 1. The highest BCUT2D eigenvalue weighted by Gasteiger charge is 2.08. The third-order valence-electron chi connectivity index (χ3n) is 2.16. The summed E-state index contributed by atoms with van der Waals surface area (Å²) in [6.45, 7) is 0. The van der Waals surface area contributed by atoms with E-state index >= 15 is 0 Å². The van der Waals surface area contributed by atoms with Crippen molar-refractivity contribution in [3.05, 3.63) is 34.9 Å². The molecular formula is C11H9BrN2O2. The first-order valence-electron chi connectivity index (χ1n) is 4.51. The second kappa shape index (κ2) is 4.02. The average molecular weight is 281 g/mol. The standard InChI is InChI=1S/C11H9BrN2O2/c12-8-4-10(16)9(15)3-7(8)6-1-2-11(13)14-5-6/h1-5,15-16H,(H2,13,14). The smallest absolute Gasteiger partial charge is 0.158 e. The molecule has 4 nitrogen and oxygen atoms in total. The van der Waals surface area contributed by atoms with Gasteiger partial charge in [0, 0.05) is 21.8 Å². The van der Waals surface area contributed by atoms with Gasteiger partial charge in [0.05, 0.1) is 0 Å². The van der Waals surface area contributed by atoms with Gasteiger partial charge in [-0.05, 0) is 24.3 Å². The number of nitrogens with zero attached hydrogens (tertiary/aromatic N) is 1. The molecule has 0 aliphatic heterocycles. The van der Waals surface area contributed by atoms with E-state index < -0.39 is 0 Å². The lowest BCUT2D eigenvalue weighted by Gasteiger charge is -2.06. The first-order valence-corrected chi connectivity index (χ1v) is 5.30. The van der Waals surface area contributed by atoms with Crippen molar-refractivity contribution in [1.29, 1.82) is 0 Å². The molecule has 0 amide bonds. The molecule has 0 saturated carbocycles. The molecule has 0 fully saturated rings. The zero-order valence-electron chi connectivity index (χ0n) is 8.18. The molecule has 5 heteroatoms. The van der Waals surface area contributed by atoms with Crippen molar-refractivity contribution in [1.82, 2.24) is 4.98 Å². The summed E-state index contributed by atoms with van der Waals surface area (Å²) in [6.07, 6.45) is 1.60. The second-order valence-electron chi connectivity index (χ2n) is 3.29. The number of aromatic hydroxyl groups is 2. The first kappa shape index (κ1) is 10.8. The fourth-order valence-electron chi connectivity index (χ4n) is 1.34. The highest BCUT2D eigenvalue weighted by molar-refractivity contribution is 9.10. The lowest BCUT2D eigenvalue weighted by molar-refractivity contribution is 0.403. The van der Waals surface area contributed by atoms with Crippen molar-refractivity contribution in [3.63, 3.8) is 0 Å². The largest absolute Gasteiger partial charge is 0.504 e. The molecule has 1 aromatic carbocycles. The summed E-state index contributed by atoms with van der Waals surface area (Å²) in [6, 6.07) is 6.36. The molecule has 0 aliphatic rings. The number of nitrogen functional groups attached to an aromatic ring is 1. The summed E-state index contributed by atoms with van der Waals surface area (Å²) in [7, 11) is 0. The number of rotatable bonds is 1. The molecular weight excluding hydrogens is 272 g/mol. The van der Waals surface area contributed by atoms with Gasteiger partial charge in [0.15, 0.2) is 11.5 Å². The predicted octanol–water partition coefficient (Wildman–Crippen LogP) is 2.50. The molecule has 1 aromatic heterocycles. The molecule has 82 valence electrons. The molecule has 2 rings (SSSR count). The van der Waals surface area contributed by atoms with E-state index in [1.165, 1.54) is 12.1 Å². The van der Waals surface area contributed by atoms with E-state index in [4.69, 9.17) is 5.73 Å². The lowest BCUT2D eigenvalue weighted by Crippen LogP contribution is -1.89. The van der Waals surface area contributed by atoms with Crippen LogP contribution in [-0.4, -0.2) is 15.2 Å². The Balaban J connectivity index is 2.56. The molecule has 0 saturated heterocycles. The van der Waals surface area contributed by atoms with Gasteiger partial charge in [-0.1, -0.05) is 15.9 Å². The fourth-order valence-corrected chi connectivity index (χ4v) is 1.90. The minimum absolute atomic E-state index is 0.168. The van der Waals surface area contributed by atoms with Gasteiger partial charge >= 0.3 is 0 Å². The summed E-state index contributed by atoms with van der Waals surface area (Å²) in [5.41, 5.74) is 7.03. The fraction of sp³-hybridized carbons (Fsp3) is 0. The maximum absolute atomic E-state index is 9.42. The second-order valence-corrected chi connectivity index (χ2v) is 4.15. The maximum atomic E-state index is 9.42. The van der Waals surface area contributed by atoms with Crippen molar-refractivity contribution in [2.24, 2.45) is 0 Å². The van der Waals surface area contributed by atoms with Gasteiger partial charge in [0.2, 0.25) is 0 Å². The summed E-state index contributed by atoms with van der Waals surface area (Å²) in [4.78, 5) is 3.96. The Morgan fingerprint density at radius 3 is 2.44 bits per heavy atom. The molecule has 0 unspecified atom stereocenters. The van der Waals surface area contributed by atoms with E-state index in [1.54, 1.807) is 18.3 Å². The number of anilines is 1. The Hall–Kier alpha value is -1.75. The van der Waals surface area contributed by atoms with E-state index in [-0.39, 0.29) is 11.5 Å². The highest BCUT2D eigenvalue weighted by Crippen LogP contribution is 2.36. The third-order valence-corrected chi connectivity index (χ3v) is 2.82. The number of aromatic nitrogens is 1. The number of benzene rings is 1. The van der Waals surface area contributed by atoms with Gasteiger partial charge in [-0.15, -0.1) is 0 Å². The number of phenols is 2. The zero-order chi connectivity index (χ0) is 11.7. The zero-order valence-corrected chi connectivity index (χ0v) is 9.77. The van der Waals surface area contributed by atoms with Crippen LogP contribution in [0.2, 0.25) is 0 Å². The van der Waals surface area contributed by atoms with Crippen LogP contribution in [0.25, 0.3) is 11.1 Å². The van der Waals surface area contributed by atoms with Gasteiger partial charge in [-0.3, -0.25) is 0 Å². The normalized spacial score (nSPS) is 10.3. The van der Waals surface area contributed by atoms with Crippen molar-refractivity contribution < 1.29 is 10.2 Å². The van der Waals surface area contributed by atoms with E-state index in [9.17, 15) is 10.2 Å². The van der Waals surface area contributed by atoms with E-state index in [0.717, 1.165) is 11.1 Å². The van der Waals surface area contributed by atoms with Gasteiger partial charge < -0.3 is 15.9 Å². The SMILES string of the molecule is Nc1ccc(-c2cc(O)c(O)cc2Br)cn1. The summed E-state index contributed by atoms with van der Waals surface area (Å²) in [5, 5.41) is 18.7. The van der Waals surface area contributed by atoms with Crippen LogP contribution in [0.3, 0.4) is 0 Å². The maximum Gasteiger partial charge on any atom is 0.158 e. The summed E-state index contributed by atoms with van der Waals surface area (Å²) in [5.74, 6) is 0.0944. The van der Waals surface area contributed by atoms with Crippen molar-refractivity contribution in [2.45, 2.75) is 0 Å². The number of halogens is 1. The molecule has 0 atom stereocenters. The summed E-state index contributed by atoms with van der Waals surface area (Å²) >= 11 is 3.31. The van der Waals surface area contributed by atoms with E-state index in [2.05, 4.69) is 20.9 Å². The number of hydrogen-bond donors (Lipinski definition) is 3. The van der Waals surface area contributed by atoms with Crippen LogP contribution in [0, 0.1) is 0 Å². The van der Waals surface area contributed by atoms with Crippen LogP contribution in [0.4, 0.5) is 5.82 Å². The van der Waals surface area contributed by atoms with Gasteiger partial charge in [-0.2, -0.15) is 0 Å². The lowest BCUT2D eigenvalue weighted by atomic mass is 10.1. The van der Waals surface area contributed by atoms with E-state index in [0.29, 0.717) is 10.3 Å². The Labute approximate surface area is 101 Å². The molecule has 4 N–H and O–H groups in total. The molecule has 0 radical (unpaired) electrons. The minimum atomic E-state index is -0.171. The van der Waals surface area contributed by atoms with Gasteiger partial charge in [-0.25, -0.2) is 4.98 Å². The van der Waals surface area contributed by atoms with Crippen LogP contribution in [0.5, 0.6) is 11.5 Å². The van der Waals surface area contributed by atoms with Crippen LogP contribution < -0.4 is 5.73 Å². The Morgan fingerprint density at radius 1 is 1.12 bits per heavy atom. The van der Waals surface area contributed by atoms with Crippen LogP contribution in [-0.2, 0) is 0 Å². The average Bonchev–Trinajstić information content (AvgIpc) is 2.25. The summed E-state index contributed by atoms with van der Waals surface area (Å²) < 4.78 is 0.675. The van der Waals surface area contributed by atoms with Crippen molar-refractivity contribution >= 4 is 21.7 Å². The van der Waals surface area contributed by atoms with Gasteiger partial charge in [0.25, 0.3) is 0 Å². The Morgan fingerprint density at radius 2 is 1.81 bits per heavy atom. The van der Waals surface area contributed by atoms with Crippen LogP contribution in [0.15, 0.2) is 34.9 Å². The molecule has 0 aliphatic carbocycles. The monoisotopic (exact) mass is 280 g/mol. The van der Waals surface area contributed by atoms with Crippen LogP contribution in [0.1, 0.15) is 0 Å². The molecule has 0 bridgehead atoms. The molecule has 2 aromatic rings. The topological polar surface area (TPSA) is 79.4 Å². The Bertz CT molecular complexity index is 526. The molecule has 0 spiro atoms. The van der Waals surface area contributed by atoms with Crippen molar-refractivity contribution in [3.8, 4) is 22.6 Å². The highest BCUT2D eigenvalue weighted by atomic mass is 79.9. The molecule has 16 heavy (non-hydrogen) atoms. The predicted molar refractivity (Wildman–Crippen MR) is 65.1 cm³/mol. The minimum Gasteiger partial charge on any atom is -0.504 e.